The van der Waals surface area contributed by atoms with Gasteiger partial charge in [-0.1, -0.05) is 25.1 Å². The van der Waals surface area contributed by atoms with Crippen LogP contribution in [0.3, 0.4) is 0 Å². The Labute approximate surface area is 170 Å². The highest BCUT2D eigenvalue weighted by Crippen LogP contribution is 2.23. The Bertz CT molecular complexity index is 954. The molecule has 29 heavy (non-hydrogen) atoms. The quantitative estimate of drug-likeness (QED) is 0.618. The van der Waals surface area contributed by atoms with Crippen molar-refractivity contribution in [2.24, 2.45) is 0 Å². The normalized spacial score (nSPS) is 11.7. The first-order valence-electron chi connectivity index (χ1n) is 9.71. The zero-order chi connectivity index (χ0) is 20.6. The van der Waals surface area contributed by atoms with Crippen LogP contribution < -0.4 is 10.6 Å². The Balaban J connectivity index is 1.77. The molecule has 7 nitrogen and oxygen atoms in total. The van der Waals surface area contributed by atoms with Crippen molar-refractivity contribution in [1.82, 2.24) is 25.4 Å². The van der Waals surface area contributed by atoms with E-state index in [2.05, 4.69) is 20.7 Å². The highest BCUT2D eigenvalue weighted by molar-refractivity contribution is 6.00. The minimum atomic E-state index is -0.276. The van der Waals surface area contributed by atoms with Crippen molar-refractivity contribution in [3.63, 3.8) is 0 Å². The van der Waals surface area contributed by atoms with Crippen molar-refractivity contribution in [2.75, 3.05) is 6.54 Å². The van der Waals surface area contributed by atoms with Gasteiger partial charge in [-0.3, -0.25) is 14.6 Å². The summed E-state index contributed by atoms with van der Waals surface area (Å²) in [5, 5.41) is 10.3. The minimum Gasteiger partial charge on any atom is -0.354 e. The largest absolute Gasteiger partial charge is 0.354 e. The number of aromatic nitrogens is 3. The minimum absolute atomic E-state index is 0.0767. The van der Waals surface area contributed by atoms with Gasteiger partial charge in [0.05, 0.1) is 11.3 Å². The summed E-state index contributed by atoms with van der Waals surface area (Å²) in [5.74, 6) is -0.352. The molecule has 0 saturated carbocycles. The van der Waals surface area contributed by atoms with E-state index in [4.69, 9.17) is 0 Å². The smallest absolute Gasteiger partial charge is 0.255 e. The van der Waals surface area contributed by atoms with Gasteiger partial charge in [0.25, 0.3) is 5.91 Å². The lowest BCUT2D eigenvalue weighted by Crippen LogP contribution is -2.35. The molecule has 7 heteroatoms. The third kappa shape index (κ3) is 5.28. The molecule has 3 aromatic rings. The molecule has 0 bridgehead atoms. The van der Waals surface area contributed by atoms with E-state index in [0.29, 0.717) is 11.3 Å². The van der Waals surface area contributed by atoms with Gasteiger partial charge in [0, 0.05) is 43.2 Å². The zero-order valence-electron chi connectivity index (χ0n) is 16.6. The van der Waals surface area contributed by atoms with Crippen LogP contribution in [0.4, 0.5) is 0 Å². The van der Waals surface area contributed by atoms with Crippen molar-refractivity contribution in [2.45, 2.75) is 32.7 Å². The van der Waals surface area contributed by atoms with Crippen LogP contribution in [0.1, 0.15) is 37.0 Å². The summed E-state index contributed by atoms with van der Waals surface area (Å²) in [6.45, 7) is 4.22. The molecule has 0 spiro atoms. The molecule has 150 valence electrons. The lowest BCUT2D eigenvalue weighted by atomic mass is 10.1. The Morgan fingerprint density at radius 2 is 1.93 bits per heavy atom. The second-order valence-corrected chi connectivity index (χ2v) is 6.80. The molecule has 1 atom stereocenters. The number of para-hydroxylation sites is 1. The molecule has 0 aliphatic heterocycles. The number of pyridine rings is 1. The first kappa shape index (κ1) is 20.3. The number of amides is 2. The first-order chi connectivity index (χ1) is 14.1. The number of benzene rings is 1. The maximum atomic E-state index is 12.8. The maximum Gasteiger partial charge on any atom is 0.255 e. The van der Waals surface area contributed by atoms with Gasteiger partial charge in [-0.05, 0) is 37.6 Å². The van der Waals surface area contributed by atoms with Crippen molar-refractivity contribution < 1.29 is 9.59 Å². The lowest BCUT2D eigenvalue weighted by Gasteiger charge is -2.11. The molecule has 0 aliphatic rings. The molecule has 1 aromatic carbocycles. The standard InChI is InChI=1S/C22H25N5O2/c1-3-16(2)25-20(28)11-13-24-22(29)19-15-27(18-9-5-4-6-10-18)26-21(19)17-8-7-12-23-14-17/h4-10,12,14-16H,3,11,13H2,1-2H3,(H,24,29)(H,25,28). The number of carbonyl (C=O) groups excluding carboxylic acids is 2. The zero-order valence-corrected chi connectivity index (χ0v) is 16.6. The van der Waals surface area contributed by atoms with E-state index in [9.17, 15) is 9.59 Å². The predicted octanol–water partition coefficient (Wildman–Crippen LogP) is 2.97. The number of nitrogens with zero attached hydrogens (tertiary/aromatic N) is 3. The summed E-state index contributed by atoms with van der Waals surface area (Å²) in [6.07, 6.45) is 6.14. The van der Waals surface area contributed by atoms with Crippen LogP contribution in [0.25, 0.3) is 16.9 Å². The van der Waals surface area contributed by atoms with Gasteiger partial charge in [0.1, 0.15) is 5.69 Å². The molecule has 2 amide bonds. The Morgan fingerprint density at radius 3 is 2.62 bits per heavy atom. The molecule has 1 unspecified atom stereocenters. The summed E-state index contributed by atoms with van der Waals surface area (Å²) in [6, 6.07) is 13.4. The van der Waals surface area contributed by atoms with Crippen LogP contribution in [0.15, 0.2) is 61.1 Å². The van der Waals surface area contributed by atoms with Gasteiger partial charge in [0.2, 0.25) is 5.91 Å². The van der Waals surface area contributed by atoms with Gasteiger partial charge < -0.3 is 10.6 Å². The van der Waals surface area contributed by atoms with E-state index < -0.39 is 0 Å². The van der Waals surface area contributed by atoms with Gasteiger partial charge in [-0.15, -0.1) is 0 Å². The molecular formula is C22H25N5O2. The fourth-order valence-corrected chi connectivity index (χ4v) is 2.80. The van der Waals surface area contributed by atoms with E-state index >= 15 is 0 Å². The van der Waals surface area contributed by atoms with E-state index in [1.54, 1.807) is 29.3 Å². The van der Waals surface area contributed by atoms with Crippen molar-refractivity contribution in [3.05, 3.63) is 66.6 Å². The number of hydrogen-bond acceptors (Lipinski definition) is 4. The molecule has 3 rings (SSSR count). The summed E-state index contributed by atoms with van der Waals surface area (Å²) in [5.41, 5.74) is 2.58. The molecular weight excluding hydrogens is 366 g/mol. The Kier molecular flexibility index (Phi) is 6.73. The Morgan fingerprint density at radius 1 is 1.14 bits per heavy atom. The fraction of sp³-hybridized carbons (Fsp3) is 0.273. The monoisotopic (exact) mass is 391 g/mol. The Hall–Kier alpha value is -3.48. The summed E-state index contributed by atoms with van der Waals surface area (Å²) in [7, 11) is 0. The van der Waals surface area contributed by atoms with Crippen molar-refractivity contribution in [3.8, 4) is 16.9 Å². The molecule has 0 fully saturated rings. The average molecular weight is 391 g/mol. The number of hydrogen-bond donors (Lipinski definition) is 2. The fourth-order valence-electron chi connectivity index (χ4n) is 2.80. The second kappa shape index (κ2) is 9.64. The highest BCUT2D eigenvalue weighted by atomic mass is 16.2. The van der Waals surface area contributed by atoms with Crippen LogP contribution in [-0.2, 0) is 4.79 Å². The molecule has 0 radical (unpaired) electrons. The third-order valence-corrected chi connectivity index (χ3v) is 4.57. The van der Waals surface area contributed by atoms with Crippen LogP contribution in [0, 0.1) is 0 Å². The van der Waals surface area contributed by atoms with Crippen LogP contribution in [-0.4, -0.2) is 39.2 Å². The topological polar surface area (TPSA) is 88.9 Å². The molecule has 2 N–H and O–H groups in total. The first-order valence-corrected chi connectivity index (χ1v) is 9.71. The molecule has 0 aliphatic carbocycles. The molecule has 2 aromatic heterocycles. The number of nitrogens with one attached hydrogen (secondary N) is 2. The van der Waals surface area contributed by atoms with Crippen molar-refractivity contribution >= 4 is 11.8 Å². The van der Waals surface area contributed by atoms with Gasteiger partial charge in [0.15, 0.2) is 0 Å². The third-order valence-electron chi connectivity index (χ3n) is 4.57. The number of carbonyl (C=O) groups is 2. The molecule has 2 heterocycles. The van der Waals surface area contributed by atoms with E-state index in [1.807, 2.05) is 50.2 Å². The predicted molar refractivity (Wildman–Crippen MR) is 112 cm³/mol. The summed E-state index contributed by atoms with van der Waals surface area (Å²) >= 11 is 0. The van der Waals surface area contributed by atoms with Crippen LogP contribution >= 0.6 is 0 Å². The van der Waals surface area contributed by atoms with Gasteiger partial charge in [-0.25, -0.2) is 4.68 Å². The highest BCUT2D eigenvalue weighted by Gasteiger charge is 2.19. The lowest BCUT2D eigenvalue weighted by molar-refractivity contribution is -0.121. The van der Waals surface area contributed by atoms with Crippen LogP contribution in [0.2, 0.25) is 0 Å². The van der Waals surface area contributed by atoms with Gasteiger partial charge in [-0.2, -0.15) is 5.10 Å². The maximum absolute atomic E-state index is 12.8. The van der Waals surface area contributed by atoms with E-state index in [0.717, 1.165) is 17.7 Å². The van der Waals surface area contributed by atoms with Crippen LogP contribution in [0.5, 0.6) is 0 Å². The molecule has 0 saturated heterocycles. The second-order valence-electron chi connectivity index (χ2n) is 6.80. The summed E-state index contributed by atoms with van der Waals surface area (Å²) < 4.78 is 1.67. The SMILES string of the molecule is CCC(C)NC(=O)CCNC(=O)c1cn(-c2ccccc2)nc1-c1cccnc1. The van der Waals surface area contributed by atoms with E-state index in [-0.39, 0.29) is 30.8 Å². The van der Waals surface area contributed by atoms with E-state index in [1.165, 1.54) is 0 Å². The number of rotatable bonds is 8. The van der Waals surface area contributed by atoms with Gasteiger partial charge >= 0.3 is 0 Å². The summed E-state index contributed by atoms with van der Waals surface area (Å²) in [4.78, 5) is 28.9. The van der Waals surface area contributed by atoms with Crippen molar-refractivity contribution in [1.29, 1.82) is 0 Å². The average Bonchev–Trinajstić information content (AvgIpc) is 3.20.